The fraction of sp³-hybridized carbons (Fsp3) is 0.320. The Balaban J connectivity index is 1.46. The van der Waals surface area contributed by atoms with Crippen molar-refractivity contribution in [1.82, 2.24) is 15.8 Å². The molecule has 9 heteroatoms. The van der Waals surface area contributed by atoms with E-state index < -0.39 is 11.9 Å². The molecule has 4 rings (SSSR count). The second kappa shape index (κ2) is 9.96. The van der Waals surface area contributed by atoms with Gasteiger partial charge in [0.2, 0.25) is 5.91 Å². The number of rotatable bonds is 7. The summed E-state index contributed by atoms with van der Waals surface area (Å²) in [5, 5.41) is 4.61. The van der Waals surface area contributed by atoms with Crippen LogP contribution in [0.25, 0.3) is 0 Å². The Morgan fingerprint density at radius 3 is 2.59 bits per heavy atom. The molecule has 1 heterocycles. The maximum absolute atomic E-state index is 12.5. The summed E-state index contributed by atoms with van der Waals surface area (Å²) < 4.78 is 5.24. The Morgan fingerprint density at radius 2 is 1.91 bits per heavy atom. The van der Waals surface area contributed by atoms with Crippen molar-refractivity contribution >= 4 is 17.6 Å². The van der Waals surface area contributed by atoms with E-state index in [1.165, 1.54) is 7.11 Å². The van der Waals surface area contributed by atoms with Gasteiger partial charge in [-0.05, 0) is 36.1 Å². The SMILES string of the molecule is COc1ccccc1C(=O)NCc1ccc(C2NN(C3CCCC(=O)C3)C(N)=C2C(N)=O)cc1. The summed E-state index contributed by atoms with van der Waals surface area (Å²) >= 11 is 0. The van der Waals surface area contributed by atoms with Gasteiger partial charge in [-0.3, -0.25) is 19.4 Å². The average Bonchev–Trinajstić information content (AvgIpc) is 3.20. The molecule has 0 aromatic heterocycles. The lowest BCUT2D eigenvalue weighted by atomic mass is 9.94. The van der Waals surface area contributed by atoms with Gasteiger partial charge < -0.3 is 21.5 Å². The number of hydrogen-bond acceptors (Lipinski definition) is 7. The molecule has 2 aromatic carbocycles. The van der Waals surface area contributed by atoms with E-state index in [0.29, 0.717) is 30.7 Å². The van der Waals surface area contributed by atoms with Gasteiger partial charge in [0.25, 0.3) is 5.91 Å². The second-order valence-corrected chi connectivity index (χ2v) is 8.51. The van der Waals surface area contributed by atoms with Crippen LogP contribution in [-0.2, 0) is 16.1 Å². The normalized spacial score (nSPS) is 20.4. The number of ether oxygens (including phenoxy) is 1. The predicted molar refractivity (Wildman–Crippen MR) is 126 cm³/mol. The van der Waals surface area contributed by atoms with Crippen LogP contribution >= 0.6 is 0 Å². The number of nitrogens with two attached hydrogens (primary N) is 2. The minimum atomic E-state index is -0.604. The molecule has 6 N–H and O–H groups in total. The average molecular weight is 464 g/mol. The molecule has 2 unspecified atom stereocenters. The molecule has 1 aliphatic carbocycles. The Bertz CT molecular complexity index is 1130. The molecule has 2 atom stereocenters. The molecular weight excluding hydrogens is 434 g/mol. The molecule has 1 aliphatic heterocycles. The number of methoxy groups -OCH3 is 1. The number of amides is 2. The largest absolute Gasteiger partial charge is 0.496 e. The topological polar surface area (TPSA) is 140 Å². The number of carbonyl (C=O) groups excluding carboxylic acids is 3. The quantitative estimate of drug-likeness (QED) is 0.489. The monoisotopic (exact) mass is 463 g/mol. The summed E-state index contributed by atoms with van der Waals surface area (Å²) in [5.41, 5.74) is 17.7. The van der Waals surface area contributed by atoms with Crippen LogP contribution in [0.1, 0.15) is 53.2 Å². The molecule has 0 saturated heterocycles. The first kappa shape index (κ1) is 23.3. The highest BCUT2D eigenvalue weighted by atomic mass is 16.5. The fourth-order valence-electron chi connectivity index (χ4n) is 4.52. The maximum atomic E-state index is 12.5. The van der Waals surface area contributed by atoms with Gasteiger partial charge >= 0.3 is 0 Å². The summed E-state index contributed by atoms with van der Waals surface area (Å²) in [6, 6.07) is 13.9. The molecular formula is C25H29N5O4. The van der Waals surface area contributed by atoms with Crippen LogP contribution in [0, 0.1) is 0 Å². The van der Waals surface area contributed by atoms with Gasteiger partial charge in [0.05, 0.1) is 30.3 Å². The summed E-state index contributed by atoms with van der Waals surface area (Å²) in [7, 11) is 1.52. The summed E-state index contributed by atoms with van der Waals surface area (Å²) in [6.07, 6.45) is 2.57. The van der Waals surface area contributed by atoms with Crippen LogP contribution in [0.4, 0.5) is 0 Å². The van der Waals surface area contributed by atoms with E-state index in [4.69, 9.17) is 16.2 Å². The number of nitrogens with zero attached hydrogens (tertiary/aromatic N) is 1. The van der Waals surface area contributed by atoms with Crippen molar-refractivity contribution in [3.63, 3.8) is 0 Å². The van der Waals surface area contributed by atoms with Gasteiger partial charge in [0.1, 0.15) is 17.4 Å². The van der Waals surface area contributed by atoms with Crippen molar-refractivity contribution in [3.8, 4) is 5.75 Å². The number of para-hydroxylation sites is 1. The minimum Gasteiger partial charge on any atom is -0.496 e. The van der Waals surface area contributed by atoms with Crippen LogP contribution in [-0.4, -0.2) is 35.8 Å². The molecule has 178 valence electrons. The van der Waals surface area contributed by atoms with E-state index >= 15 is 0 Å². The molecule has 2 aromatic rings. The predicted octanol–water partition coefficient (Wildman–Crippen LogP) is 1.65. The van der Waals surface area contributed by atoms with Gasteiger partial charge in [0.15, 0.2) is 0 Å². The van der Waals surface area contributed by atoms with Crippen molar-refractivity contribution in [3.05, 3.63) is 76.6 Å². The lowest BCUT2D eigenvalue weighted by molar-refractivity contribution is -0.122. The third-order valence-corrected chi connectivity index (χ3v) is 6.30. The van der Waals surface area contributed by atoms with Gasteiger partial charge in [-0.25, -0.2) is 5.43 Å². The number of hydrazine groups is 1. The second-order valence-electron chi connectivity index (χ2n) is 8.51. The van der Waals surface area contributed by atoms with Gasteiger partial charge in [-0.1, -0.05) is 36.4 Å². The highest BCUT2D eigenvalue weighted by Gasteiger charge is 2.38. The lowest BCUT2D eigenvalue weighted by Crippen LogP contribution is -2.46. The van der Waals surface area contributed by atoms with Crippen molar-refractivity contribution < 1.29 is 19.1 Å². The number of Topliss-reactive ketones (excluding diaryl/α,β-unsaturated/α-hetero) is 1. The highest BCUT2D eigenvalue weighted by Crippen LogP contribution is 2.34. The fourth-order valence-corrected chi connectivity index (χ4v) is 4.52. The van der Waals surface area contributed by atoms with Gasteiger partial charge in [0, 0.05) is 19.4 Å². The number of primary amides is 1. The Hall–Kier alpha value is -3.85. The lowest BCUT2D eigenvalue weighted by Gasteiger charge is -2.33. The number of hydrogen-bond donors (Lipinski definition) is 4. The molecule has 34 heavy (non-hydrogen) atoms. The zero-order chi connectivity index (χ0) is 24.2. The maximum Gasteiger partial charge on any atom is 0.255 e. The number of nitrogens with one attached hydrogen (secondary N) is 2. The molecule has 9 nitrogen and oxygen atoms in total. The molecule has 0 radical (unpaired) electrons. The van der Waals surface area contributed by atoms with Crippen molar-refractivity contribution in [2.75, 3.05) is 7.11 Å². The van der Waals surface area contributed by atoms with Crippen LogP contribution < -0.4 is 26.9 Å². The molecule has 0 spiro atoms. The summed E-state index contributed by atoms with van der Waals surface area (Å²) in [6.45, 7) is 0.326. The first-order chi connectivity index (χ1) is 16.4. The van der Waals surface area contributed by atoms with Crippen LogP contribution in [0.5, 0.6) is 5.75 Å². The summed E-state index contributed by atoms with van der Waals surface area (Å²) in [5.74, 6) is 0.131. The zero-order valence-corrected chi connectivity index (χ0v) is 19.0. The smallest absolute Gasteiger partial charge is 0.255 e. The Labute approximate surface area is 198 Å². The Morgan fingerprint density at radius 1 is 1.18 bits per heavy atom. The van der Waals surface area contributed by atoms with E-state index in [1.807, 2.05) is 24.3 Å². The van der Waals surface area contributed by atoms with Crippen molar-refractivity contribution in [2.45, 2.75) is 44.3 Å². The van der Waals surface area contributed by atoms with E-state index in [9.17, 15) is 14.4 Å². The summed E-state index contributed by atoms with van der Waals surface area (Å²) in [4.78, 5) is 36.7. The van der Waals surface area contributed by atoms with Crippen LogP contribution in [0.15, 0.2) is 59.9 Å². The molecule has 2 amide bonds. The van der Waals surface area contributed by atoms with Crippen molar-refractivity contribution in [1.29, 1.82) is 0 Å². The van der Waals surface area contributed by atoms with Gasteiger partial charge in [-0.15, -0.1) is 0 Å². The van der Waals surface area contributed by atoms with E-state index in [2.05, 4.69) is 10.7 Å². The molecule has 1 fully saturated rings. The first-order valence-electron chi connectivity index (χ1n) is 11.3. The van der Waals surface area contributed by atoms with E-state index in [-0.39, 0.29) is 29.1 Å². The third kappa shape index (κ3) is 4.74. The molecule has 1 saturated carbocycles. The standard InChI is InChI=1S/C25H29N5O4/c1-34-20-8-3-2-7-19(20)25(33)28-14-15-9-11-16(12-10-15)22-21(24(27)32)23(26)30(29-22)17-5-4-6-18(31)13-17/h2-3,7-12,17,22,29H,4-6,13-14,26H2,1H3,(H2,27,32)(H,28,33). The third-order valence-electron chi connectivity index (χ3n) is 6.30. The molecule has 0 bridgehead atoms. The van der Waals surface area contributed by atoms with Crippen LogP contribution in [0.2, 0.25) is 0 Å². The first-order valence-corrected chi connectivity index (χ1v) is 11.3. The zero-order valence-electron chi connectivity index (χ0n) is 19.0. The van der Waals surface area contributed by atoms with Crippen molar-refractivity contribution in [2.24, 2.45) is 11.5 Å². The van der Waals surface area contributed by atoms with E-state index in [1.54, 1.807) is 29.3 Å². The van der Waals surface area contributed by atoms with Gasteiger partial charge in [-0.2, -0.15) is 0 Å². The highest BCUT2D eigenvalue weighted by molar-refractivity contribution is 5.97. The number of benzene rings is 2. The Kier molecular flexibility index (Phi) is 6.83. The number of ketones is 1. The number of carbonyl (C=O) groups is 3. The van der Waals surface area contributed by atoms with E-state index in [0.717, 1.165) is 24.0 Å². The molecule has 2 aliphatic rings. The minimum absolute atomic E-state index is 0.106. The van der Waals surface area contributed by atoms with Crippen LogP contribution in [0.3, 0.4) is 0 Å².